The molecule has 1 N–H and O–H groups in total. The number of Topliss-reactive ketones (excluding diaryl/α,β-unsaturated/α-hetero) is 1. The molecule has 2 heteroatoms. The molecule has 1 atom stereocenters. The Bertz CT molecular complexity index is 78.6. The van der Waals surface area contributed by atoms with Crippen LogP contribution in [0.2, 0.25) is 0 Å². The second-order valence-corrected chi connectivity index (χ2v) is 1.84. The van der Waals surface area contributed by atoms with Gasteiger partial charge in [-0.15, -0.1) is 0 Å². The van der Waals surface area contributed by atoms with Crippen LogP contribution < -0.4 is 0 Å². The molecule has 0 saturated carbocycles. The number of rotatable bonds is 3. The summed E-state index contributed by atoms with van der Waals surface area (Å²) in [5, 5.41) is 8.16. The third-order valence-electron chi connectivity index (χ3n) is 1.23. The Morgan fingerprint density at radius 1 is 1.88 bits per heavy atom. The molecule has 0 amide bonds. The van der Waals surface area contributed by atoms with Gasteiger partial charge in [0, 0.05) is 5.92 Å². The highest BCUT2D eigenvalue weighted by atomic mass is 16.3. The molecule has 0 rings (SSSR count). The van der Waals surface area contributed by atoms with Gasteiger partial charge >= 0.3 is 0 Å². The molecular weight excluding hydrogens is 104 g/mol. The van der Waals surface area contributed by atoms with E-state index in [-0.39, 0.29) is 11.7 Å². The molecule has 0 aliphatic rings. The van der Waals surface area contributed by atoms with E-state index in [1.165, 1.54) is 0 Å². The van der Waals surface area contributed by atoms with E-state index in [9.17, 15) is 4.79 Å². The van der Waals surface area contributed by atoms with E-state index < -0.39 is 0 Å². The summed E-state index contributed by atoms with van der Waals surface area (Å²) in [6.07, 6.45) is 0.788. The van der Waals surface area contributed by atoms with Crippen LogP contribution in [0, 0.1) is 12.5 Å². The predicted molar refractivity (Wildman–Crippen MR) is 30.7 cm³/mol. The first kappa shape index (κ1) is 7.63. The van der Waals surface area contributed by atoms with Crippen molar-refractivity contribution in [3.8, 4) is 0 Å². The summed E-state index contributed by atoms with van der Waals surface area (Å²) in [7, 11) is 0. The second kappa shape index (κ2) is 3.61. The Morgan fingerprint density at radius 2 is 2.38 bits per heavy atom. The average molecular weight is 115 g/mol. The number of aliphatic hydroxyl groups is 1. The lowest BCUT2D eigenvalue weighted by molar-refractivity contribution is -0.121. The fourth-order valence-electron chi connectivity index (χ4n) is 0.328. The number of carbonyl (C=O) groups excluding carboxylic acids is 1. The summed E-state index contributed by atoms with van der Waals surface area (Å²) >= 11 is 0. The molecule has 0 aliphatic carbocycles. The summed E-state index contributed by atoms with van der Waals surface area (Å²) in [6.45, 7) is 4.33. The fraction of sp³-hybridized carbons (Fsp3) is 0.667. The Kier molecular flexibility index (Phi) is 3.44. The third kappa shape index (κ3) is 2.07. The van der Waals surface area contributed by atoms with Crippen LogP contribution in [-0.4, -0.2) is 10.9 Å². The van der Waals surface area contributed by atoms with Crippen molar-refractivity contribution in [2.24, 2.45) is 5.92 Å². The molecule has 0 aromatic heterocycles. The number of hydrogen-bond donors (Lipinski definition) is 1. The zero-order valence-electron chi connectivity index (χ0n) is 5.22. The van der Waals surface area contributed by atoms with Gasteiger partial charge < -0.3 is 5.11 Å². The van der Waals surface area contributed by atoms with Gasteiger partial charge in [-0.05, 0) is 6.42 Å². The van der Waals surface area contributed by atoms with Crippen LogP contribution in [0.5, 0.6) is 0 Å². The monoisotopic (exact) mass is 115 g/mol. The van der Waals surface area contributed by atoms with Gasteiger partial charge in [-0.3, -0.25) is 4.79 Å². The first-order valence-electron chi connectivity index (χ1n) is 2.73. The number of carbonyl (C=O) groups is 1. The summed E-state index contributed by atoms with van der Waals surface area (Å²) in [5.74, 6) is -0.215. The maximum absolute atomic E-state index is 10.4. The maximum atomic E-state index is 10.4. The lowest BCUT2D eigenvalue weighted by atomic mass is 10.1. The molecule has 0 aromatic rings. The van der Waals surface area contributed by atoms with Crippen molar-refractivity contribution in [1.82, 2.24) is 0 Å². The minimum atomic E-state index is -0.187. The highest BCUT2D eigenvalue weighted by Crippen LogP contribution is 2.01. The molecule has 0 saturated heterocycles. The Balaban J connectivity index is 3.46. The van der Waals surface area contributed by atoms with Gasteiger partial charge in [-0.2, -0.15) is 0 Å². The third-order valence-corrected chi connectivity index (χ3v) is 1.23. The molecule has 47 valence electrons. The van der Waals surface area contributed by atoms with Crippen LogP contribution in [0.25, 0.3) is 0 Å². The number of aliphatic hydroxyl groups excluding tert-OH is 1. The van der Waals surface area contributed by atoms with Gasteiger partial charge in [-0.1, -0.05) is 13.8 Å². The van der Waals surface area contributed by atoms with Gasteiger partial charge in [0.1, 0.15) is 6.61 Å². The van der Waals surface area contributed by atoms with E-state index in [1.807, 2.05) is 6.92 Å². The van der Waals surface area contributed by atoms with Crippen LogP contribution in [0.1, 0.15) is 20.3 Å². The van der Waals surface area contributed by atoms with Crippen molar-refractivity contribution >= 4 is 5.78 Å². The van der Waals surface area contributed by atoms with Crippen molar-refractivity contribution in [3.63, 3.8) is 0 Å². The van der Waals surface area contributed by atoms with Crippen molar-refractivity contribution < 1.29 is 9.90 Å². The molecule has 2 nitrogen and oxygen atoms in total. The minimum Gasteiger partial charge on any atom is -0.382 e. The van der Waals surface area contributed by atoms with E-state index >= 15 is 0 Å². The summed E-state index contributed by atoms with van der Waals surface area (Å²) in [4.78, 5) is 10.4. The zero-order valence-corrected chi connectivity index (χ0v) is 5.22. The van der Waals surface area contributed by atoms with Crippen molar-refractivity contribution in [2.45, 2.75) is 20.3 Å². The minimum absolute atomic E-state index is 0.0278. The Morgan fingerprint density at radius 3 is 2.50 bits per heavy atom. The van der Waals surface area contributed by atoms with Crippen molar-refractivity contribution in [3.05, 3.63) is 6.61 Å². The number of ketones is 1. The molecule has 0 fully saturated rings. The molecule has 0 bridgehead atoms. The van der Waals surface area contributed by atoms with E-state index in [2.05, 4.69) is 0 Å². The predicted octanol–water partition coefficient (Wildman–Crippen LogP) is 1.14. The van der Waals surface area contributed by atoms with Crippen LogP contribution in [-0.2, 0) is 4.79 Å². The fourth-order valence-corrected chi connectivity index (χ4v) is 0.328. The van der Waals surface area contributed by atoms with Gasteiger partial charge in [0.2, 0.25) is 0 Å². The summed E-state index contributed by atoms with van der Waals surface area (Å²) < 4.78 is 0. The molecule has 8 heavy (non-hydrogen) atoms. The highest BCUT2D eigenvalue weighted by molar-refractivity contribution is 5.86. The van der Waals surface area contributed by atoms with E-state index in [0.717, 1.165) is 6.42 Å². The topological polar surface area (TPSA) is 37.3 Å². The molecule has 0 spiro atoms. The van der Waals surface area contributed by atoms with Crippen LogP contribution in [0.15, 0.2) is 0 Å². The van der Waals surface area contributed by atoms with Crippen molar-refractivity contribution in [1.29, 1.82) is 0 Å². The molecular formula is C6H11O2. The first-order valence-corrected chi connectivity index (χ1v) is 2.73. The lowest BCUT2D eigenvalue weighted by Gasteiger charge is -2.00. The van der Waals surface area contributed by atoms with E-state index in [1.54, 1.807) is 6.92 Å². The maximum Gasteiger partial charge on any atom is 0.167 e. The van der Waals surface area contributed by atoms with Gasteiger partial charge in [0.05, 0.1) is 0 Å². The van der Waals surface area contributed by atoms with Crippen LogP contribution >= 0.6 is 0 Å². The van der Waals surface area contributed by atoms with Gasteiger partial charge in [0.25, 0.3) is 0 Å². The smallest absolute Gasteiger partial charge is 0.167 e. The quantitative estimate of drug-likeness (QED) is 0.598. The number of hydrogen-bond acceptors (Lipinski definition) is 2. The molecule has 1 unspecified atom stereocenters. The summed E-state index contributed by atoms with van der Waals surface area (Å²) in [5.41, 5.74) is 0. The first-order chi connectivity index (χ1) is 3.72. The molecule has 1 radical (unpaired) electrons. The molecule has 0 heterocycles. The van der Waals surface area contributed by atoms with Crippen LogP contribution in [0.3, 0.4) is 0 Å². The van der Waals surface area contributed by atoms with Gasteiger partial charge in [-0.25, -0.2) is 0 Å². The Hall–Kier alpha value is -0.370. The zero-order chi connectivity index (χ0) is 6.57. The van der Waals surface area contributed by atoms with Crippen LogP contribution in [0.4, 0.5) is 0 Å². The van der Waals surface area contributed by atoms with E-state index in [4.69, 9.17) is 5.11 Å². The second-order valence-electron chi connectivity index (χ2n) is 1.84. The average Bonchev–Trinajstić information content (AvgIpc) is 1.84. The lowest BCUT2D eigenvalue weighted by Crippen LogP contribution is -2.09. The molecule has 0 aromatic carbocycles. The summed E-state index contributed by atoms with van der Waals surface area (Å²) in [6, 6.07) is 0. The van der Waals surface area contributed by atoms with Crippen molar-refractivity contribution in [2.75, 3.05) is 0 Å². The normalized spacial score (nSPS) is 13.4. The SMILES string of the molecule is CCC(C)C(=O)[CH]O. The molecule has 0 aliphatic heterocycles. The van der Waals surface area contributed by atoms with Gasteiger partial charge in [0.15, 0.2) is 5.78 Å². The largest absolute Gasteiger partial charge is 0.382 e. The Labute approximate surface area is 49.5 Å². The standard InChI is InChI=1S/C6H11O2/c1-3-5(2)6(8)4-7/h4-5,7H,3H2,1-2H3. The van der Waals surface area contributed by atoms with E-state index in [0.29, 0.717) is 6.61 Å². The highest BCUT2D eigenvalue weighted by Gasteiger charge is 2.07.